The van der Waals surface area contributed by atoms with Gasteiger partial charge in [0, 0.05) is 5.92 Å². The molecule has 2 saturated heterocycles. The molecule has 1 unspecified atom stereocenters. The maximum Gasteiger partial charge on any atom is 0.309 e. The van der Waals surface area contributed by atoms with Gasteiger partial charge in [-0.25, -0.2) is 0 Å². The molecule has 3 heteroatoms. The minimum absolute atomic E-state index is 0.0123. The fourth-order valence-electron chi connectivity index (χ4n) is 3.07. The molecule has 0 spiro atoms. The smallest absolute Gasteiger partial charge is 0.309 e. The summed E-state index contributed by atoms with van der Waals surface area (Å²) in [6.07, 6.45) is 4.72. The number of rotatable bonds is 1. The van der Waals surface area contributed by atoms with Crippen LogP contribution in [0.1, 0.15) is 26.7 Å². The molecule has 0 aromatic rings. The summed E-state index contributed by atoms with van der Waals surface area (Å²) in [4.78, 5) is 11.5. The van der Waals surface area contributed by atoms with Crippen molar-refractivity contribution < 1.29 is 14.3 Å². The number of ether oxygens (including phenoxy) is 2. The lowest BCUT2D eigenvalue weighted by Crippen LogP contribution is -2.19. The minimum atomic E-state index is -0.0123. The van der Waals surface area contributed by atoms with E-state index in [-0.39, 0.29) is 18.0 Å². The summed E-state index contributed by atoms with van der Waals surface area (Å²) in [6.45, 7) is 5.08. The Morgan fingerprint density at radius 1 is 1.38 bits per heavy atom. The second-order valence-corrected chi connectivity index (χ2v) is 5.33. The van der Waals surface area contributed by atoms with E-state index in [1.165, 1.54) is 5.57 Å². The Hall–Kier alpha value is -0.830. The first-order chi connectivity index (χ1) is 7.66. The predicted octanol–water partition coefficient (Wildman–Crippen LogP) is 1.92. The van der Waals surface area contributed by atoms with Crippen molar-refractivity contribution in [3.05, 3.63) is 11.6 Å². The highest BCUT2D eigenvalue weighted by Crippen LogP contribution is 2.41. The molecule has 16 heavy (non-hydrogen) atoms. The Morgan fingerprint density at radius 2 is 2.12 bits per heavy atom. The molecule has 0 aromatic heterocycles. The van der Waals surface area contributed by atoms with Crippen LogP contribution in [0.5, 0.6) is 0 Å². The van der Waals surface area contributed by atoms with Crippen LogP contribution in [-0.2, 0) is 14.3 Å². The summed E-state index contributed by atoms with van der Waals surface area (Å²) in [5.74, 6) is 0.918. The van der Waals surface area contributed by atoms with Crippen molar-refractivity contribution >= 4 is 5.97 Å². The molecule has 0 amide bonds. The molecule has 0 bridgehead atoms. The Bertz CT molecular complexity index is 343. The highest BCUT2D eigenvalue weighted by molar-refractivity contribution is 5.74. The zero-order chi connectivity index (χ0) is 11.3. The lowest BCUT2D eigenvalue weighted by molar-refractivity contribution is -0.144. The largest absolute Gasteiger partial charge is 0.462 e. The molecule has 0 aromatic carbocycles. The molecule has 2 heterocycles. The highest BCUT2D eigenvalue weighted by atomic mass is 16.6. The van der Waals surface area contributed by atoms with Crippen LogP contribution in [0.2, 0.25) is 0 Å². The first kappa shape index (κ1) is 10.3. The topological polar surface area (TPSA) is 38.8 Å². The molecular formula is C13H18O3. The molecule has 0 N–H and O–H groups in total. The summed E-state index contributed by atoms with van der Waals surface area (Å²) in [6, 6.07) is 0. The Labute approximate surface area is 95.8 Å². The molecule has 0 radical (unpaired) electrons. The van der Waals surface area contributed by atoms with Gasteiger partial charge in [-0.2, -0.15) is 0 Å². The quantitative estimate of drug-likeness (QED) is 0.386. The summed E-state index contributed by atoms with van der Waals surface area (Å²) in [5.41, 5.74) is 1.43. The fraction of sp³-hybridized carbons (Fsp3) is 0.769. The molecule has 5 atom stereocenters. The zero-order valence-corrected chi connectivity index (χ0v) is 9.81. The van der Waals surface area contributed by atoms with Gasteiger partial charge in [0.2, 0.25) is 0 Å². The van der Waals surface area contributed by atoms with Gasteiger partial charge in [-0.15, -0.1) is 0 Å². The van der Waals surface area contributed by atoms with E-state index >= 15 is 0 Å². The number of fused-ring (bicyclic) bond motifs is 1. The van der Waals surface area contributed by atoms with Crippen LogP contribution in [0.4, 0.5) is 0 Å². The van der Waals surface area contributed by atoms with Gasteiger partial charge in [0.15, 0.2) is 0 Å². The van der Waals surface area contributed by atoms with E-state index in [4.69, 9.17) is 9.47 Å². The first-order valence-electron chi connectivity index (χ1n) is 6.19. The van der Waals surface area contributed by atoms with Crippen molar-refractivity contribution in [2.45, 2.75) is 38.9 Å². The van der Waals surface area contributed by atoms with E-state index in [0.717, 1.165) is 19.4 Å². The zero-order valence-electron chi connectivity index (χ0n) is 9.81. The van der Waals surface area contributed by atoms with Gasteiger partial charge in [-0.3, -0.25) is 4.79 Å². The first-order valence-corrected chi connectivity index (χ1v) is 6.19. The molecule has 3 aliphatic rings. The van der Waals surface area contributed by atoms with Crippen LogP contribution in [0, 0.1) is 17.8 Å². The third-order valence-electron chi connectivity index (χ3n) is 4.24. The molecule has 3 nitrogen and oxygen atoms in total. The molecular weight excluding hydrogens is 204 g/mol. The molecule has 2 aliphatic heterocycles. The minimum Gasteiger partial charge on any atom is -0.462 e. The Morgan fingerprint density at radius 3 is 2.81 bits per heavy atom. The van der Waals surface area contributed by atoms with Crippen molar-refractivity contribution in [2.24, 2.45) is 17.8 Å². The lowest BCUT2D eigenvalue weighted by atomic mass is 9.87. The average Bonchev–Trinajstić information content (AvgIpc) is 3.01. The van der Waals surface area contributed by atoms with Gasteiger partial charge in [0.25, 0.3) is 0 Å². The number of carbonyl (C=O) groups excluding carboxylic acids is 1. The van der Waals surface area contributed by atoms with Crippen molar-refractivity contribution in [2.75, 3.05) is 6.61 Å². The maximum absolute atomic E-state index is 11.5. The summed E-state index contributed by atoms with van der Waals surface area (Å²) in [5, 5.41) is 0. The van der Waals surface area contributed by atoms with Crippen molar-refractivity contribution in [3.8, 4) is 0 Å². The molecule has 0 saturated carbocycles. The summed E-state index contributed by atoms with van der Waals surface area (Å²) >= 11 is 0. The molecule has 3 rings (SSSR count). The van der Waals surface area contributed by atoms with Gasteiger partial charge in [-0.05, 0) is 24.3 Å². The number of hydrogen-bond donors (Lipinski definition) is 0. The summed E-state index contributed by atoms with van der Waals surface area (Å²) < 4.78 is 10.8. The van der Waals surface area contributed by atoms with Crippen molar-refractivity contribution in [3.63, 3.8) is 0 Å². The predicted molar refractivity (Wildman–Crippen MR) is 58.8 cm³/mol. The van der Waals surface area contributed by atoms with E-state index in [2.05, 4.69) is 13.0 Å². The van der Waals surface area contributed by atoms with E-state index in [9.17, 15) is 4.79 Å². The number of allylic oxidation sites excluding steroid dienone is 1. The second kappa shape index (κ2) is 3.59. The van der Waals surface area contributed by atoms with E-state index in [1.807, 2.05) is 6.92 Å². The number of esters is 1. The van der Waals surface area contributed by atoms with E-state index < -0.39 is 0 Å². The molecule has 2 fully saturated rings. The monoisotopic (exact) mass is 222 g/mol. The van der Waals surface area contributed by atoms with Gasteiger partial charge in [0.1, 0.15) is 12.2 Å². The van der Waals surface area contributed by atoms with Crippen LogP contribution >= 0.6 is 0 Å². The van der Waals surface area contributed by atoms with Crippen molar-refractivity contribution in [1.82, 2.24) is 0 Å². The Kier molecular flexibility index (Phi) is 2.32. The average molecular weight is 222 g/mol. The number of carbonyl (C=O) groups is 1. The van der Waals surface area contributed by atoms with Crippen LogP contribution in [0.15, 0.2) is 11.6 Å². The SMILES string of the molecule is C[C@H]1C[C@H]2OC(=O)[C@H](C)[C@H]2CC=C1C1CO1. The van der Waals surface area contributed by atoms with Crippen LogP contribution in [-0.4, -0.2) is 24.8 Å². The Balaban J connectivity index is 1.81. The van der Waals surface area contributed by atoms with Crippen molar-refractivity contribution in [1.29, 1.82) is 0 Å². The number of hydrogen-bond acceptors (Lipinski definition) is 3. The van der Waals surface area contributed by atoms with E-state index in [0.29, 0.717) is 17.9 Å². The maximum atomic E-state index is 11.5. The van der Waals surface area contributed by atoms with Gasteiger partial charge < -0.3 is 9.47 Å². The van der Waals surface area contributed by atoms with Gasteiger partial charge >= 0.3 is 5.97 Å². The fourth-order valence-corrected chi connectivity index (χ4v) is 3.07. The standard InChI is InChI=1S/C13H18O3/c1-7-5-11-10(8(2)13(14)16-11)4-3-9(7)12-6-15-12/h3,7-8,10-12H,4-6H2,1-2H3/t7-,8+,10+,11+,12?/m0/s1. The van der Waals surface area contributed by atoms with Crippen LogP contribution in [0.3, 0.4) is 0 Å². The highest BCUT2D eigenvalue weighted by Gasteiger charge is 2.44. The van der Waals surface area contributed by atoms with Gasteiger partial charge in [0.05, 0.1) is 12.5 Å². The lowest BCUT2D eigenvalue weighted by Gasteiger charge is -2.18. The molecule has 88 valence electrons. The normalized spacial score (nSPS) is 46.8. The van der Waals surface area contributed by atoms with Crippen LogP contribution < -0.4 is 0 Å². The van der Waals surface area contributed by atoms with Crippen LogP contribution in [0.25, 0.3) is 0 Å². The summed E-state index contributed by atoms with van der Waals surface area (Å²) in [7, 11) is 0. The third-order valence-corrected chi connectivity index (χ3v) is 4.24. The van der Waals surface area contributed by atoms with Gasteiger partial charge in [-0.1, -0.05) is 19.9 Å². The second-order valence-electron chi connectivity index (χ2n) is 5.33. The van der Waals surface area contributed by atoms with E-state index in [1.54, 1.807) is 0 Å². The number of epoxide rings is 1. The molecule has 1 aliphatic carbocycles. The third kappa shape index (κ3) is 1.58.